The third-order valence-electron chi connectivity index (χ3n) is 2.60. The first-order valence-corrected chi connectivity index (χ1v) is 7.27. The van der Waals surface area contributed by atoms with Crippen molar-refractivity contribution >= 4 is 16.0 Å². The third kappa shape index (κ3) is 4.31. The Labute approximate surface area is 114 Å². The summed E-state index contributed by atoms with van der Waals surface area (Å²) in [6.45, 7) is 1.52. The van der Waals surface area contributed by atoms with Crippen LogP contribution in [0, 0.1) is 5.92 Å². The molecule has 0 aliphatic rings. The number of aliphatic carboxylic acids is 1. The van der Waals surface area contributed by atoms with Gasteiger partial charge in [0, 0.05) is 12.7 Å². The Balaban J connectivity index is 2.65. The monoisotopic (exact) mass is 305 g/mol. The van der Waals surface area contributed by atoms with Crippen LogP contribution in [0.5, 0.6) is 0 Å². The first-order valence-electron chi connectivity index (χ1n) is 5.78. The lowest BCUT2D eigenvalue weighted by molar-refractivity contribution is -0.141. The van der Waals surface area contributed by atoms with Gasteiger partial charge in [0.2, 0.25) is 10.0 Å². The van der Waals surface area contributed by atoms with Crippen LogP contribution >= 0.6 is 0 Å². The summed E-state index contributed by atoms with van der Waals surface area (Å²) in [6, 6.07) is 0. The lowest BCUT2D eigenvalue weighted by Gasteiger charge is -2.07. The quantitative estimate of drug-likeness (QED) is 0.467. The maximum Gasteiger partial charge on any atom is 0.325 e. The predicted octanol–water partition coefficient (Wildman–Crippen LogP) is -1.16. The van der Waals surface area contributed by atoms with E-state index in [0.717, 1.165) is 6.20 Å². The molecule has 1 heterocycles. The van der Waals surface area contributed by atoms with E-state index >= 15 is 0 Å². The Morgan fingerprint density at radius 1 is 1.45 bits per heavy atom. The summed E-state index contributed by atoms with van der Waals surface area (Å²) in [7, 11) is -4.04. The van der Waals surface area contributed by atoms with Gasteiger partial charge in [-0.2, -0.15) is 0 Å². The molecule has 1 unspecified atom stereocenters. The lowest BCUT2D eigenvalue weighted by atomic mass is 10.1. The van der Waals surface area contributed by atoms with Crippen LogP contribution in [0.3, 0.4) is 0 Å². The summed E-state index contributed by atoms with van der Waals surface area (Å²) in [5.41, 5.74) is -1.82. The second kappa shape index (κ2) is 6.48. The van der Waals surface area contributed by atoms with Crippen LogP contribution in [-0.2, 0) is 14.8 Å². The average molecular weight is 305 g/mol. The summed E-state index contributed by atoms with van der Waals surface area (Å²) in [5.74, 6) is -1.53. The number of carbonyl (C=O) groups is 1. The molecule has 0 fully saturated rings. The van der Waals surface area contributed by atoms with E-state index in [0.29, 0.717) is 12.8 Å². The maximum absolute atomic E-state index is 11.8. The van der Waals surface area contributed by atoms with Crippen molar-refractivity contribution in [2.45, 2.75) is 24.7 Å². The Kier molecular flexibility index (Phi) is 5.22. The molecule has 0 aliphatic heterocycles. The fourth-order valence-electron chi connectivity index (χ4n) is 1.41. The third-order valence-corrected chi connectivity index (χ3v) is 4.07. The first kappa shape index (κ1) is 16.1. The SMILES string of the molecule is CC(CCCNS(=O)(=O)c1c[nH]c(=O)[nH]c1=O)C(=O)O. The van der Waals surface area contributed by atoms with E-state index in [4.69, 9.17) is 5.11 Å². The second-order valence-electron chi connectivity index (χ2n) is 4.22. The van der Waals surface area contributed by atoms with Crippen LogP contribution < -0.4 is 16.0 Å². The Hall–Kier alpha value is -1.94. The molecule has 0 bridgehead atoms. The van der Waals surface area contributed by atoms with Crippen molar-refractivity contribution < 1.29 is 18.3 Å². The molecule has 0 aliphatic carbocycles. The maximum atomic E-state index is 11.8. The van der Waals surface area contributed by atoms with Crippen molar-refractivity contribution in [1.82, 2.24) is 14.7 Å². The molecule has 0 saturated carbocycles. The van der Waals surface area contributed by atoms with E-state index in [2.05, 4.69) is 9.71 Å². The zero-order valence-corrected chi connectivity index (χ0v) is 11.5. The number of hydrogen-bond acceptors (Lipinski definition) is 5. The van der Waals surface area contributed by atoms with Crippen LogP contribution in [-0.4, -0.2) is 36.0 Å². The first-order chi connectivity index (χ1) is 9.24. The predicted molar refractivity (Wildman–Crippen MR) is 68.9 cm³/mol. The van der Waals surface area contributed by atoms with E-state index in [-0.39, 0.29) is 6.54 Å². The molecule has 1 atom stereocenters. The van der Waals surface area contributed by atoms with Gasteiger partial charge < -0.3 is 10.1 Å². The standard InChI is InChI=1S/C10H15N3O6S/c1-6(9(15)16)3-2-4-12-20(18,19)7-5-11-10(17)13-8(7)14/h5-6,12H,2-4H2,1H3,(H,15,16)(H2,11,13,14,17). The minimum atomic E-state index is -4.04. The molecule has 10 heteroatoms. The number of carboxylic acids is 1. The zero-order chi connectivity index (χ0) is 15.3. The van der Waals surface area contributed by atoms with Crippen molar-refractivity contribution in [3.8, 4) is 0 Å². The van der Waals surface area contributed by atoms with Crippen molar-refractivity contribution in [1.29, 1.82) is 0 Å². The van der Waals surface area contributed by atoms with Gasteiger partial charge in [-0.1, -0.05) is 6.92 Å². The summed E-state index contributed by atoms with van der Waals surface area (Å²) in [6.07, 6.45) is 1.43. The number of nitrogens with one attached hydrogen (secondary N) is 3. The van der Waals surface area contributed by atoms with Gasteiger partial charge in [0.15, 0.2) is 4.90 Å². The molecule has 9 nitrogen and oxygen atoms in total. The van der Waals surface area contributed by atoms with Gasteiger partial charge >= 0.3 is 11.7 Å². The van der Waals surface area contributed by atoms with Gasteiger partial charge in [0.25, 0.3) is 5.56 Å². The molecule has 112 valence electrons. The van der Waals surface area contributed by atoms with E-state index < -0.39 is 38.1 Å². The number of carboxylic acid groups (broad SMARTS) is 1. The molecule has 1 aromatic rings. The molecule has 0 aromatic carbocycles. The largest absolute Gasteiger partial charge is 0.481 e. The minimum Gasteiger partial charge on any atom is -0.481 e. The van der Waals surface area contributed by atoms with Crippen LogP contribution in [0.2, 0.25) is 0 Å². The molecule has 4 N–H and O–H groups in total. The number of H-pyrrole nitrogens is 2. The normalized spacial score (nSPS) is 13.1. The molecule has 0 saturated heterocycles. The van der Waals surface area contributed by atoms with Crippen molar-refractivity contribution in [2.24, 2.45) is 5.92 Å². The van der Waals surface area contributed by atoms with Gasteiger partial charge in [0.05, 0.1) is 5.92 Å². The van der Waals surface area contributed by atoms with Gasteiger partial charge in [-0.3, -0.25) is 14.6 Å². The molecule has 0 radical (unpaired) electrons. The highest BCUT2D eigenvalue weighted by atomic mass is 32.2. The Morgan fingerprint density at radius 3 is 2.65 bits per heavy atom. The van der Waals surface area contributed by atoms with Crippen LogP contribution in [0.25, 0.3) is 0 Å². The fraction of sp³-hybridized carbons (Fsp3) is 0.500. The van der Waals surface area contributed by atoms with E-state index in [1.54, 1.807) is 4.98 Å². The molecule has 20 heavy (non-hydrogen) atoms. The average Bonchev–Trinajstić information content (AvgIpc) is 2.33. The van der Waals surface area contributed by atoms with E-state index in [1.807, 2.05) is 0 Å². The van der Waals surface area contributed by atoms with Crippen molar-refractivity contribution in [3.63, 3.8) is 0 Å². The summed E-state index contributed by atoms with van der Waals surface area (Å²) in [4.78, 5) is 36.0. The topological polar surface area (TPSA) is 149 Å². The fourth-order valence-corrected chi connectivity index (χ4v) is 2.49. The van der Waals surface area contributed by atoms with Crippen LogP contribution in [0.4, 0.5) is 0 Å². The van der Waals surface area contributed by atoms with Gasteiger partial charge in [0.1, 0.15) is 0 Å². The van der Waals surface area contributed by atoms with Crippen LogP contribution in [0.1, 0.15) is 19.8 Å². The molecule has 0 spiro atoms. The summed E-state index contributed by atoms with van der Waals surface area (Å²) in [5, 5.41) is 8.66. The van der Waals surface area contributed by atoms with Gasteiger partial charge in [-0.25, -0.2) is 17.9 Å². The van der Waals surface area contributed by atoms with Crippen molar-refractivity contribution in [3.05, 3.63) is 27.0 Å². The van der Waals surface area contributed by atoms with Gasteiger partial charge in [-0.15, -0.1) is 0 Å². The highest BCUT2D eigenvalue weighted by molar-refractivity contribution is 7.89. The van der Waals surface area contributed by atoms with E-state index in [1.165, 1.54) is 6.92 Å². The number of rotatable bonds is 7. The number of sulfonamides is 1. The Bertz CT molecular complexity index is 689. The highest BCUT2D eigenvalue weighted by Crippen LogP contribution is 2.05. The number of hydrogen-bond donors (Lipinski definition) is 4. The molecule has 1 aromatic heterocycles. The summed E-state index contributed by atoms with van der Waals surface area (Å²) < 4.78 is 25.7. The minimum absolute atomic E-state index is 0.00147. The smallest absolute Gasteiger partial charge is 0.325 e. The highest BCUT2D eigenvalue weighted by Gasteiger charge is 2.18. The van der Waals surface area contributed by atoms with Crippen molar-refractivity contribution in [2.75, 3.05) is 6.54 Å². The Morgan fingerprint density at radius 2 is 2.10 bits per heavy atom. The molecular formula is C10H15N3O6S. The zero-order valence-electron chi connectivity index (χ0n) is 10.7. The summed E-state index contributed by atoms with van der Waals surface area (Å²) >= 11 is 0. The molecular weight excluding hydrogens is 290 g/mol. The van der Waals surface area contributed by atoms with E-state index in [9.17, 15) is 22.8 Å². The second-order valence-corrected chi connectivity index (χ2v) is 5.95. The lowest BCUT2D eigenvalue weighted by Crippen LogP contribution is -2.33. The molecule has 1 rings (SSSR count). The number of aromatic amines is 2. The number of aromatic nitrogens is 2. The van der Waals surface area contributed by atoms with Crippen LogP contribution in [0.15, 0.2) is 20.7 Å². The van der Waals surface area contributed by atoms with Gasteiger partial charge in [-0.05, 0) is 12.8 Å². The molecule has 0 amide bonds.